The van der Waals surface area contributed by atoms with E-state index in [0.29, 0.717) is 11.6 Å². The lowest BCUT2D eigenvalue weighted by molar-refractivity contribution is -0.128. The number of halogens is 1. The normalized spacial score (nSPS) is 11.0. The smallest absolute Gasteiger partial charge is 0.269 e. The zero-order valence-electron chi connectivity index (χ0n) is 12.2. The van der Waals surface area contributed by atoms with Gasteiger partial charge < -0.3 is 10.1 Å². The second kappa shape index (κ2) is 5.91. The molecule has 1 N–H and O–H groups in total. The molecular weight excluding hydrogens is 271 g/mol. The predicted molar refractivity (Wildman–Crippen MR) is 78.7 cm³/mol. The molecule has 2 rings (SSSR count). The van der Waals surface area contributed by atoms with Crippen LogP contribution in [0.5, 0.6) is 5.75 Å². The molecule has 0 saturated heterocycles. The number of nitrogens with zero attached hydrogens (tertiary/aromatic N) is 1. The van der Waals surface area contributed by atoms with Crippen LogP contribution < -0.4 is 10.1 Å². The van der Waals surface area contributed by atoms with Crippen molar-refractivity contribution in [3.63, 3.8) is 0 Å². The first-order valence-corrected chi connectivity index (χ1v) is 6.55. The Balaban J connectivity index is 2.05. The molecule has 1 heterocycles. The summed E-state index contributed by atoms with van der Waals surface area (Å²) in [6.45, 7) is 5.19. The molecular formula is C16H17FN2O2. The fraction of sp³-hybridized carbons (Fsp3) is 0.250. The summed E-state index contributed by atoms with van der Waals surface area (Å²) in [4.78, 5) is 16.4. The minimum absolute atomic E-state index is 0.330. The maximum Gasteiger partial charge on any atom is 0.269 e. The number of aryl methyl sites for hydroxylation is 1. The number of rotatable bonds is 4. The monoisotopic (exact) mass is 288 g/mol. The number of amides is 1. The van der Waals surface area contributed by atoms with Gasteiger partial charge in [-0.1, -0.05) is 6.07 Å². The number of pyridine rings is 1. The topological polar surface area (TPSA) is 51.2 Å². The minimum Gasteiger partial charge on any atom is -0.478 e. The molecule has 0 atom stereocenters. The summed E-state index contributed by atoms with van der Waals surface area (Å²) >= 11 is 0. The lowest BCUT2D eigenvalue weighted by Gasteiger charge is -2.25. The largest absolute Gasteiger partial charge is 0.478 e. The van der Waals surface area contributed by atoms with Gasteiger partial charge in [0.1, 0.15) is 17.4 Å². The van der Waals surface area contributed by atoms with Gasteiger partial charge in [0.2, 0.25) is 0 Å². The first-order chi connectivity index (χ1) is 9.87. The van der Waals surface area contributed by atoms with E-state index < -0.39 is 5.60 Å². The van der Waals surface area contributed by atoms with Crippen LogP contribution in [-0.4, -0.2) is 16.5 Å². The molecule has 1 amide bonds. The zero-order chi connectivity index (χ0) is 15.5. The van der Waals surface area contributed by atoms with Crippen LogP contribution >= 0.6 is 0 Å². The van der Waals surface area contributed by atoms with Crippen molar-refractivity contribution in [3.8, 4) is 5.75 Å². The van der Waals surface area contributed by atoms with Crippen molar-refractivity contribution >= 4 is 11.7 Å². The number of hydrogen-bond acceptors (Lipinski definition) is 3. The van der Waals surface area contributed by atoms with E-state index in [4.69, 9.17) is 4.74 Å². The first kappa shape index (κ1) is 15.0. The van der Waals surface area contributed by atoms with Crippen LogP contribution in [0.15, 0.2) is 42.6 Å². The quantitative estimate of drug-likeness (QED) is 0.939. The number of ether oxygens (including phenoxy) is 1. The van der Waals surface area contributed by atoms with Gasteiger partial charge >= 0.3 is 0 Å². The van der Waals surface area contributed by atoms with Gasteiger partial charge in [0.25, 0.3) is 5.91 Å². The van der Waals surface area contributed by atoms with E-state index in [1.807, 2.05) is 13.0 Å². The van der Waals surface area contributed by atoms with Crippen molar-refractivity contribution in [1.82, 2.24) is 4.98 Å². The highest BCUT2D eigenvalue weighted by molar-refractivity contribution is 5.96. The Kier molecular flexibility index (Phi) is 4.21. The molecule has 0 unspecified atom stereocenters. The Labute approximate surface area is 123 Å². The number of carbonyl (C=O) groups is 1. The van der Waals surface area contributed by atoms with Crippen molar-refractivity contribution in [3.05, 3.63) is 54.0 Å². The average Bonchev–Trinajstić information content (AvgIpc) is 2.43. The predicted octanol–water partition coefficient (Wildman–Crippen LogP) is 3.33. The summed E-state index contributed by atoms with van der Waals surface area (Å²) in [6, 6.07) is 9.11. The lowest BCUT2D eigenvalue weighted by Crippen LogP contribution is -2.42. The molecule has 0 saturated carbocycles. The van der Waals surface area contributed by atoms with Crippen LogP contribution in [0.2, 0.25) is 0 Å². The Bertz CT molecular complexity index is 622. The number of benzene rings is 1. The molecule has 0 bridgehead atoms. The molecule has 0 aliphatic rings. The SMILES string of the molecule is Cc1ccc(NC(=O)C(C)(C)Oc2ccc(F)cc2)nc1. The zero-order valence-corrected chi connectivity index (χ0v) is 12.2. The lowest BCUT2D eigenvalue weighted by atomic mass is 10.1. The first-order valence-electron chi connectivity index (χ1n) is 6.55. The third-order valence-corrected chi connectivity index (χ3v) is 2.89. The average molecular weight is 288 g/mol. The van der Waals surface area contributed by atoms with E-state index in [-0.39, 0.29) is 11.7 Å². The van der Waals surface area contributed by atoms with E-state index in [0.717, 1.165) is 5.56 Å². The van der Waals surface area contributed by atoms with Crippen molar-refractivity contribution in [2.75, 3.05) is 5.32 Å². The minimum atomic E-state index is -1.11. The van der Waals surface area contributed by atoms with Gasteiger partial charge in [-0.3, -0.25) is 4.79 Å². The second-order valence-electron chi connectivity index (χ2n) is 5.24. The molecule has 0 radical (unpaired) electrons. The van der Waals surface area contributed by atoms with Crippen LogP contribution in [0.25, 0.3) is 0 Å². The van der Waals surface area contributed by atoms with Gasteiger partial charge in [0.05, 0.1) is 0 Å². The van der Waals surface area contributed by atoms with E-state index in [1.165, 1.54) is 24.3 Å². The highest BCUT2D eigenvalue weighted by Gasteiger charge is 2.30. The third kappa shape index (κ3) is 4.02. The second-order valence-corrected chi connectivity index (χ2v) is 5.24. The summed E-state index contributed by atoms with van der Waals surface area (Å²) in [7, 11) is 0. The van der Waals surface area contributed by atoms with Crippen molar-refractivity contribution < 1.29 is 13.9 Å². The summed E-state index contributed by atoms with van der Waals surface area (Å²) < 4.78 is 18.5. The van der Waals surface area contributed by atoms with Crippen LogP contribution in [0.3, 0.4) is 0 Å². The fourth-order valence-corrected chi connectivity index (χ4v) is 1.65. The Morgan fingerprint density at radius 2 is 1.86 bits per heavy atom. The molecule has 1 aromatic carbocycles. The van der Waals surface area contributed by atoms with Crippen molar-refractivity contribution in [2.45, 2.75) is 26.4 Å². The van der Waals surface area contributed by atoms with Crippen molar-refractivity contribution in [2.24, 2.45) is 0 Å². The van der Waals surface area contributed by atoms with Gasteiger partial charge in [-0.05, 0) is 56.7 Å². The maximum atomic E-state index is 12.9. The molecule has 0 aliphatic heterocycles. The van der Waals surface area contributed by atoms with Gasteiger partial charge in [-0.25, -0.2) is 9.37 Å². The number of carbonyl (C=O) groups excluding carboxylic acids is 1. The Morgan fingerprint density at radius 1 is 1.19 bits per heavy atom. The fourth-order valence-electron chi connectivity index (χ4n) is 1.65. The molecule has 5 heteroatoms. The number of aromatic nitrogens is 1. The van der Waals surface area contributed by atoms with E-state index in [9.17, 15) is 9.18 Å². The van der Waals surface area contributed by atoms with Crippen LogP contribution in [-0.2, 0) is 4.79 Å². The molecule has 0 spiro atoms. The molecule has 2 aromatic rings. The van der Waals surface area contributed by atoms with Crippen LogP contribution in [0.4, 0.5) is 10.2 Å². The Hall–Kier alpha value is -2.43. The van der Waals surface area contributed by atoms with E-state index in [1.54, 1.807) is 26.1 Å². The van der Waals surface area contributed by atoms with Gasteiger partial charge in [-0.15, -0.1) is 0 Å². The number of hydrogen-bond donors (Lipinski definition) is 1. The number of nitrogens with one attached hydrogen (secondary N) is 1. The molecule has 1 aromatic heterocycles. The summed E-state index contributed by atoms with van der Waals surface area (Å²) in [6.07, 6.45) is 1.67. The van der Waals surface area contributed by atoms with Crippen LogP contribution in [0, 0.1) is 12.7 Å². The van der Waals surface area contributed by atoms with Gasteiger partial charge in [-0.2, -0.15) is 0 Å². The summed E-state index contributed by atoms with van der Waals surface area (Å²) in [5, 5.41) is 2.69. The third-order valence-electron chi connectivity index (χ3n) is 2.89. The van der Waals surface area contributed by atoms with Crippen molar-refractivity contribution in [1.29, 1.82) is 0 Å². The molecule has 0 fully saturated rings. The summed E-state index contributed by atoms with van der Waals surface area (Å²) in [5.74, 6) is 0.200. The molecule has 0 aliphatic carbocycles. The van der Waals surface area contributed by atoms with Crippen LogP contribution in [0.1, 0.15) is 19.4 Å². The van der Waals surface area contributed by atoms with E-state index >= 15 is 0 Å². The highest BCUT2D eigenvalue weighted by Crippen LogP contribution is 2.20. The summed E-state index contributed by atoms with van der Waals surface area (Å²) in [5.41, 5.74) is -0.0977. The van der Waals surface area contributed by atoms with Gasteiger partial charge in [0, 0.05) is 6.20 Å². The number of anilines is 1. The molecule has 4 nitrogen and oxygen atoms in total. The van der Waals surface area contributed by atoms with Gasteiger partial charge in [0.15, 0.2) is 5.60 Å². The standard InChI is InChI=1S/C16H17FN2O2/c1-11-4-9-14(18-10-11)19-15(20)16(2,3)21-13-7-5-12(17)6-8-13/h4-10H,1-3H3,(H,18,19,20). The molecule has 21 heavy (non-hydrogen) atoms. The Morgan fingerprint density at radius 3 is 2.43 bits per heavy atom. The maximum absolute atomic E-state index is 12.9. The van der Waals surface area contributed by atoms with E-state index in [2.05, 4.69) is 10.3 Å². The highest BCUT2D eigenvalue weighted by atomic mass is 19.1. The molecule has 110 valence electrons.